The van der Waals surface area contributed by atoms with Crippen molar-refractivity contribution < 1.29 is 14.0 Å². The van der Waals surface area contributed by atoms with Crippen LogP contribution in [0.2, 0.25) is 5.02 Å². The Morgan fingerprint density at radius 3 is 2.70 bits per heavy atom. The van der Waals surface area contributed by atoms with Crippen LogP contribution >= 0.6 is 35.8 Å². The van der Waals surface area contributed by atoms with Gasteiger partial charge in [-0.1, -0.05) is 37.1 Å². The number of anilines is 1. The van der Waals surface area contributed by atoms with Crippen molar-refractivity contribution in [3.8, 4) is 0 Å². The molecule has 2 aromatic carbocycles. The summed E-state index contributed by atoms with van der Waals surface area (Å²) in [6.45, 7) is 2.73. The van der Waals surface area contributed by atoms with Crippen LogP contribution in [0.15, 0.2) is 41.3 Å². The molecular weight excluding hydrogens is 448 g/mol. The Hall–Kier alpha value is -1.80. The summed E-state index contributed by atoms with van der Waals surface area (Å²) in [4.78, 5) is 27.5. The van der Waals surface area contributed by atoms with Crippen LogP contribution in [0.5, 0.6) is 0 Å². The molecule has 1 atom stereocenters. The number of carbonyl (C=O) groups excluding carboxylic acids is 2. The number of nitrogens with two attached hydrogens (primary N) is 1. The van der Waals surface area contributed by atoms with E-state index in [1.54, 1.807) is 12.1 Å². The zero-order chi connectivity index (χ0) is 21.0. The molecule has 0 saturated heterocycles. The Labute approximate surface area is 190 Å². The van der Waals surface area contributed by atoms with Gasteiger partial charge in [-0.2, -0.15) is 0 Å². The van der Waals surface area contributed by atoms with E-state index >= 15 is 0 Å². The first-order valence-electron chi connectivity index (χ1n) is 9.46. The second-order valence-corrected chi connectivity index (χ2v) is 8.38. The molecule has 0 bridgehead atoms. The van der Waals surface area contributed by atoms with Gasteiger partial charge in [0.2, 0.25) is 5.91 Å². The lowest BCUT2D eigenvalue weighted by atomic mass is 10.1. The molecule has 2 amide bonds. The lowest BCUT2D eigenvalue weighted by molar-refractivity contribution is -0.119. The Morgan fingerprint density at radius 1 is 1.33 bits per heavy atom. The highest BCUT2D eigenvalue weighted by molar-refractivity contribution is 7.99. The van der Waals surface area contributed by atoms with Gasteiger partial charge in [-0.25, -0.2) is 4.39 Å². The molecule has 0 unspecified atom stereocenters. The summed E-state index contributed by atoms with van der Waals surface area (Å²) in [5, 5.41) is 3.32. The highest BCUT2D eigenvalue weighted by Gasteiger charge is 2.30. The Morgan fingerprint density at radius 2 is 2.03 bits per heavy atom. The van der Waals surface area contributed by atoms with Gasteiger partial charge in [0.1, 0.15) is 5.82 Å². The Kier molecular flexibility index (Phi) is 8.97. The average molecular weight is 472 g/mol. The summed E-state index contributed by atoms with van der Waals surface area (Å²) in [7, 11) is 0. The lowest BCUT2D eigenvalue weighted by Crippen LogP contribution is -2.44. The zero-order valence-electron chi connectivity index (χ0n) is 16.5. The third kappa shape index (κ3) is 5.66. The normalized spacial score (nSPS) is 15.8. The molecule has 0 aromatic heterocycles. The molecule has 0 fully saturated rings. The van der Waals surface area contributed by atoms with Gasteiger partial charge in [0.15, 0.2) is 0 Å². The van der Waals surface area contributed by atoms with Crippen molar-refractivity contribution in [2.75, 3.05) is 17.2 Å². The molecule has 1 aliphatic heterocycles. The van der Waals surface area contributed by atoms with E-state index in [2.05, 4.69) is 5.32 Å². The Bertz CT molecular complexity index is 912. The third-order valence-electron chi connectivity index (χ3n) is 4.66. The van der Waals surface area contributed by atoms with Crippen LogP contribution in [0.1, 0.15) is 35.7 Å². The molecule has 1 aliphatic rings. The summed E-state index contributed by atoms with van der Waals surface area (Å²) in [6.07, 6.45) is 1.73. The number of nitrogens with one attached hydrogen (secondary N) is 1. The summed E-state index contributed by atoms with van der Waals surface area (Å²) < 4.78 is 14.6. The minimum Gasteiger partial charge on any atom is -0.352 e. The summed E-state index contributed by atoms with van der Waals surface area (Å²) in [5.74, 6) is -1.03. The fourth-order valence-corrected chi connectivity index (χ4v) is 4.15. The lowest BCUT2D eigenvalue weighted by Gasteiger charge is -2.25. The number of rotatable bonds is 6. The van der Waals surface area contributed by atoms with E-state index in [0.717, 1.165) is 18.4 Å². The van der Waals surface area contributed by atoms with Crippen LogP contribution in [0, 0.1) is 5.82 Å². The van der Waals surface area contributed by atoms with Crippen LogP contribution in [-0.4, -0.2) is 30.2 Å². The van der Waals surface area contributed by atoms with Gasteiger partial charge in [0.25, 0.3) is 5.91 Å². The predicted octanol–water partition coefficient (Wildman–Crippen LogP) is 4.40. The highest BCUT2D eigenvalue weighted by Crippen LogP contribution is 2.37. The van der Waals surface area contributed by atoms with E-state index in [1.165, 1.54) is 28.8 Å². The molecule has 162 valence electrons. The summed E-state index contributed by atoms with van der Waals surface area (Å²) in [5.41, 5.74) is 7.30. The number of unbranched alkanes of at least 4 members (excludes halogenated alkanes) is 1. The van der Waals surface area contributed by atoms with Gasteiger partial charge >= 0.3 is 0 Å². The second kappa shape index (κ2) is 11.0. The van der Waals surface area contributed by atoms with E-state index in [4.69, 9.17) is 17.3 Å². The van der Waals surface area contributed by atoms with Gasteiger partial charge in [-0.3, -0.25) is 9.59 Å². The number of carbonyl (C=O) groups is 2. The fraction of sp³-hybridized carbons (Fsp3) is 0.333. The number of benzene rings is 2. The number of amides is 2. The molecule has 2 aromatic rings. The largest absolute Gasteiger partial charge is 0.352 e. The number of halogens is 3. The first-order valence-corrected chi connectivity index (χ1v) is 10.8. The highest BCUT2D eigenvalue weighted by atomic mass is 35.5. The van der Waals surface area contributed by atoms with E-state index < -0.39 is 17.8 Å². The minimum atomic E-state index is -0.718. The third-order valence-corrected chi connectivity index (χ3v) is 6.07. The standard InChI is InChI=1S/C21H23ClFN3O2S.ClH/c1-2-3-8-25-20(27)15-9-18-19(10-16(15)23)29-12-17(24)21(28)26(18)11-13-4-6-14(22)7-5-13;/h4-7,9-10,17H,2-3,8,11-12,24H2,1H3,(H,25,27);1H/t17-;/m0./s1. The molecule has 3 N–H and O–H groups in total. The molecule has 0 aliphatic carbocycles. The molecule has 0 spiro atoms. The summed E-state index contributed by atoms with van der Waals surface area (Å²) in [6, 6.07) is 9.17. The zero-order valence-corrected chi connectivity index (χ0v) is 18.9. The first-order chi connectivity index (χ1) is 13.9. The van der Waals surface area contributed by atoms with Gasteiger partial charge < -0.3 is 16.0 Å². The molecule has 5 nitrogen and oxygen atoms in total. The maximum Gasteiger partial charge on any atom is 0.254 e. The summed E-state index contributed by atoms with van der Waals surface area (Å²) >= 11 is 7.26. The molecule has 30 heavy (non-hydrogen) atoms. The smallest absolute Gasteiger partial charge is 0.254 e. The van der Waals surface area contributed by atoms with Crippen molar-refractivity contribution in [3.05, 3.63) is 58.4 Å². The molecule has 9 heteroatoms. The molecular formula is C21H24Cl2FN3O2S. The van der Waals surface area contributed by atoms with Crippen molar-refractivity contribution in [1.29, 1.82) is 0 Å². The average Bonchev–Trinajstić information content (AvgIpc) is 2.81. The van der Waals surface area contributed by atoms with E-state index in [9.17, 15) is 14.0 Å². The maximum atomic E-state index is 14.6. The van der Waals surface area contributed by atoms with Crippen molar-refractivity contribution in [1.82, 2.24) is 5.32 Å². The van der Waals surface area contributed by atoms with Crippen LogP contribution in [0.3, 0.4) is 0 Å². The Balaban J connectivity index is 0.00000320. The predicted molar refractivity (Wildman–Crippen MR) is 122 cm³/mol. The van der Waals surface area contributed by atoms with Gasteiger partial charge in [-0.05, 0) is 36.2 Å². The number of fused-ring (bicyclic) bond motifs is 1. The first kappa shape index (κ1) is 24.5. The fourth-order valence-electron chi connectivity index (χ4n) is 3.02. The van der Waals surface area contributed by atoms with E-state index in [1.807, 2.05) is 19.1 Å². The monoisotopic (exact) mass is 471 g/mol. The van der Waals surface area contributed by atoms with Crippen molar-refractivity contribution in [2.45, 2.75) is 37.2 Å². The SMILES string of the molecule is CCCCNC(=O)c1cc2c(cc1F)SC[C@H](N)C(=O)N2Cc1ccc(Cl)cc1.Cl. The minimum absolute atomic E-state index is 0. The topological polar surface area (TPSA) is 75.4 Å². The molecule has 0 saturated carbocycles. The molecule has 0 radical (unpaired) electrons. The quantitative estimate of drug-likeness (QED) is 0.612. The van der Waals surface area contributed by atoms with Crippen LogP contribution in [0.4, 0.5) is 10.1 Å². The molecule has 3 rings (SSSR count). The van der Waals surface area contributed by atoms with Gasteiger partial charge in [0.05, 0.1) is 23.8 Å². The van der Waals surface area contributed by atoms with Crippen LogP contribution < -0.4 is 16.0 Å². The maximum absolute atomic E-state index is 14.6. The number of hydrogen-bond acceptors (Lipinski definition) is 4. The van der Waals surface area contributed by atoms with E-state index in [-0.39, 0.29) is 30.4 Å². The van der Waals surface area contributed by atoms with Crippen molar-refractivity contribution in [2.24, 2.45) is 5.73 Å². The molecule has 1 heterocycles. The van der Waals surface area contributed by atoms with Crippen molar-refractivity contribution >= 4 is 53.3 Å². The van der Waals surface area contributed by atoms with Crippen molar-refractivity contribution in [3.63, 3.8) is 0 Å². The number of thioether (sulfide) groups is 1. The number of nitrogens with zero attached hydrogens (tertiary/aromatic N) is 1. The van der Waals surface area contributed by atoms with Crippen LogP contribution in [-0.2, 0) is 11.3 Å². The second-order valence-electron chi connectivity index (χ2n) is 6.88. The number of hydrogen-bond donors (Lipinski definition) is 2. The van der Waals surface area contributed by atoms with Crippen LogP contribution in [0.25, 0.3) is 0 Å². The van der Waals surface area contributed by atoms with Gasteiger partial charge in [-0.15, -0.1) is 24.2 Å². The van der Waals surface area contributed by atoms with Gasteiger partial charge in [0, 0.05) is 22.2 Å². The van der Waals surface area contributed by atoms with E-state index in [0.29, 0.717) is 27.9 Å².